The molecule has 11 heavy (non-hydrogen) atoms. The lowest BCUT2D eigenvalue weighted by molar-refractivity contribution is 0.0274. The standard InChI is InChI=1S/C9H16O2/c10-6-7-2-1-3-9-8(7)4-5-11-9/h7-10H,1-6H2/t7-,8-,9+/m0/s1. The molecule has 1 saturated heterocycles. The van der Waals surface area contributed by atoms with E-state index < -0.39 is 0 Å². The van der Waals surface area contributed by atoms with E-state index in [1.165, 1.54) is 25.7 Å². The fourth-order valence-corrected chi connectivity index (χ4v) is 2.52. The molecule has 0 aromatic heterocycles. The summed E-state index contributed by atoms with van der Waals surface area (Å²) in [5.41, 5.74) is 0. The summed E-state index contributed by atoms with van der Waals surface area (Å²) in [5, 5.41) is 9.08. The van der Waals surface area contributed by atoms with Gasteiger partial charge in [0.1, 0.15) is 0 Å². The Kier molecular flexibility index (Phi) is 2.14. The topological polar surface area (TPSA) is 29.5 Å². The van der Waals surface area contributed by atoms with E-state index in [1.807, 2.05) is 0 Å². The van der Waals surface area contributed by atoms with Gasteiger partial charge in [-0.25, -0.2) is 0 Å². The molecule has 2 heteroatoms. The first-order valence-electron chi connectivity index (χ1n) is 4.64. The SMILES string of the molecule is OC[C@@H]1CCC[C@H]2OCC[C@@H]12. The summed E-state index contributed by atoms with van der Waals surface area (Å²) in [4.78, 5) is 0. The summed E-state index contributed by atoms with van der Waals surface area (Å²) >= 11 is 0. The molecule has 0 aromatic carbocycles. The quantitative estimate of drug-likeness (QED) is 0.618. The number of fused-ring (bicyclic) bond motifs is 1. The minimum atomic E-state index is 0.366. The fourth-order valence-electron chi connectivity index (χ4n) is 2.52. The molecule has 0 amide bonds. The first-order chi connectivity index (χ1) is 5.42. The average Bonchev–Trinajstić information content (AvgIpc) is 2.50. The van der Waals surface area contributed by atoms with Crippen LogP contribution in [0.4, 0.5) is 0 Å². The van der Waals surface area contributed by atoms with E-state index in [1.54, 1.807) is 0 Å². The van der Waals surface area contributed by atoms with Gasteiger partial charge in [0.05, 0.1) is 6.10 Å². The normalized spacial score (nSPS) is 43.9. The molecule has 0 radical (unpaired) electrons. The molecule has 1 aliphatic carbocycles. The second-order valence-electron chi connectivity index (χ2n) is 3.74. The summed E-state index contributed by atoms with van der Waals surface area (Å²) in [5.74, 6) is 1.21. The van der Waals surface area contributed by atoms with E-state index in [0.717, 1.165) is 6.61 Å². The van der Waals surface area contributed by atoms with Gasteiger partial charge in [-0.3, -0.25) is 0 Å². The first kappa shape index (κ1) is 7.56. The van der Waals surface area contributed by atoms with Crippen molar-refractivity contribution in [3.63, 3.8) is 0 Å². The highest BCUT2D eigenvalue weighted by atomic mass is 16.5. The molecule has 0 unspecified atom stereocenters. The summed E-state index contributed by atoms with van der Waals surface area (Å²) < 4.78 is 5.58. The number of aliphatic hydroxyl groups is 1. The van der Waals surface area contributed by atoms with Gasteiger partial charge in [0.15, 0.2) is 0 Å². The zero-order valence-corrected chi connectivity index (χ0v) is 6.83. The van der Waals surface area contributed by atoms with Crippen molar-refractivity contribution in [2.45, 2.75) is 31.8 Å². The molecular weight excluding hydrogens is 140 g/mol. The zero-order chi connectivity index (χ0) is 7.68. The van der Waals surface area contributed by atoms with Gasteiger partial charge in [-0.2, -0.15) is 0 Å². The molecule has 0 aromatic rings. The molecule has 1 N–H and O–H groups in total. The van der Waals surface area contributed by atoms with Crippen LogP contribution in [-0.2, 0) is 4.74 Å². The smallest absolute Gasteiger partial charge is 0.0607 e. The summed E-state index contributed by atoms with van der Waals surface area (Å²) in [6, 6.07) is 0. The van der Waals surface area contributed by atoms with Crippen LogP contribution in [-0.4, -0.2) is 24.4 Å². The van der Waals surface area contributed by atoms with Crippen LogP contribution in [0.25, 0.3) is 0 Å². The third-order valence-corrected chi connectivity index (χ3v) is 3.16. The van der Waals surface area contributed by atoms with Crippen molar-refractivity contribution in [3.8, 4) is 0 Å². The highest BCUT2D eigenvalue weighted by molar-refractivity contribution is 4.85. The van der Waals surface area contributed by atoms with Crippen LogP contribution in [0.5, 0.6) is 0 Å². The van der Waals surface area contributed by atoms with Gasteiger partial charge in [-0.1, -0.05) is 6.42 Å². The maximum atomic E-state index is 9.08. The Labute approximate surface area is 67.6 Å². The van der Waals surface area contributed by atoms with Gasteiger partial charge in [0.2, 0.25) is 0 Å². The predicted molar refractivity (Wildman–Crippen MR) is 42.3 cm³/mol. The van der Waals surface area contributed by atoms with Gasteiger partial charge in [-0.15, -0.1) is 0 Å². The van der Waals surface area contributed by atoms with Crippen LogP contribution in [0.15, 0.2) is 0 Å². The van der Waals surface area contributed by atoms with Crippen molar-refractivity contribution < 1.29 is 9.84 Å². The second-order valence-corrected chi connectivity index (χ2v) is 3.74. The largest absolute Gasteiger partial charge is 0.396 e. The Morgan fingerprint density at radius 3 is 3.00 bits per heavy atom. The maximum Gasteiger partial charge on any atom is 0.0607 e. The second kappa shape index (κ2) is 3.11. The zero-order valence-electron chi connectivity index (χ0n) is 6.83. The van der Waals surface area contributed by atoms with Crippen LogP contribution in [0.3, 0.4) is 0 Å². The molecule has 2 nitrogen and oxygen atoms in total. The van der Waals surface area contributed by atoms with Gasteiger partial charge in [0, 0.05) is 13.2 Å². The Morgan fingerprint density at radius 2 is 2.18 bits per heavy atom. The third kappa shape index (κ3) is 1.30. The minimum absolute atomic E-state index is 0.366. The number of hydrogen-bond acceptors (Lipinski definition) is 2. The highest BCUT2D eigenvalue weighted by Crippen LogP contribution is 2.37. The van der Waals surface area contributed by atoms with Crippen LogP contribution < -0.4 is 0 Å². The average molecular weight is 156 g/mol. The minimum Gasteiger partial charge on any atom is -0.396 e. The van der Waals surface area contributed by atoms with Crippen LogP contribution in [0.2, 0.25) is 0 Å². The monoisotopic (exact) mass is 156 g/mol. The molecule has 1 aliphatic heterocycles. The lowest BCUT2D eigenvalue weighted by atomic mass is 9.77. The summed E-state index contributed by atoms with van der Waals surface area (Å²) in [7, 11) is 0. The number of ether oxygens (including phenoxy) is 1. The van der Waals surface area contributed by atoms with Gasteiger partial charge in [0.25, 0.3) is 0 Å². The number of rotatable bonds is 1. The van der Waals surface area contributed by atoms with E-state index >= 15 is 0 Å². The Hall–Kier alpha value is -0.0800. The van der Waals surface area contributed by atoms with Crippen molar-refractivity contribution in [2.75, 3.05) is 13.2 Å². The van der Waals surface area contributed by atoms with Crippen LogP contribution >= 0.6 is 0 Å². The van der Waals surface area contributed by atoms with Crippen molar-refractivity contribution in [1.82, 2.24) is 0 Å². The van der Waals surface area contributed by atoms with Gasteiger partial charge < -0.3 is 9.84 Å². The van der Waals surface area contributed by atoms with E-state index in [2.05, 4.69) is 0 Å². The molecule has 1 saturated carbocycles. The van der Waals surface area contributed by atoms with Crippen LogP contribution in [0.1, 0.15) is 25.7 Å². The Balaban J connectivity index is 2.00. The van der Waals surface area contributed by atoms with E-state index in [9.17, 15) is 0 Å². The Bertz CT molecular complexity index is 136. The Morgan fingerprint density at radius 1 is 1.27 bits per heavy atom. The van der Waals surface area contributed by atoms with Crippen molar-refractivity contribution in [2.24, 2.45) is 11.8 Å². The molecule has 0 spiro atoms. The molecule has 2 rings (SSSR count). The van der Waals surface area contributed by atoms with Crippen molar-refractivity contribution in [1.29, 1.82) is 0 Å². The van der Waals surface area contributed by atoms with E-state index in [4.69, 9.17) is 9.84 Å². The maximum absolute atomic E-state index is 9.08. The molecule has 3 atom stereocenters. The highest BCUT2D eigenvalue weighted by Gasteiger charge is 2.36. The van der Waals surface area contributed by atoms with Crippen molar-refractivity contribution in [3.05, 3.63) is 0 Å². The third-order valence-electron chi connectivity index (χ3n) is 3.16. The van der Waals surface area contributed by atoms with Crippen molar-refractivity contribution >= 4 is 0 Å². The van der Waals surface area contributed by atoms with Gasteiger partial charge >= 0.3 is 0 Å². The molecule has 1 heterocycles. The lowest BCUT2D eigenvalue weighted by Gasteiger charge is -2.31. The molecule has 2 aliphatic rings. The lowest BCUT2D eigenvalue weighted by Crippen LogP contribution is -2.30. The summed E-state index contributed by atoms with van der Waals surface area (Å²) in [6.45, 7) is 1.29. The van der Waals surface area contributed by atoms with Gasteiger partial charge in [-0.05, 0) is 31.1 Å². The molecule has 0 bridgehead atoms. The van der Waals surface area contributed by atoms with Crippen LogP contribution in [0, 0.1) is 11.8 Å². The number of aliphatic hydroxyl groups excluding tert-OH is 1. The van der Waals surface area contributed by atoms with E-state index in [0.29, 0.717) is 24.5 Å². The fraction of sp³-hybridized carbons (Fsp3) is 1.00. The molecule has 64 valence electrons. The summed E-state index contributed by atoms with van der Waals surface area (Å²) in [6.07, 6.45) is 5.34. The molecular formula is C9H16O2. The predicted octanol–water partition coefficient (Wildman–Crippen LogP) is 1.18. The molecule has 2 fully saturated rings. The number of hydrogen-bond donors (Lipinski definition) is 1. The van der Waals surface area contributed by atoms with E-state index in [-0.39, 0.29) is 0 Å². The first-order valence-corrected chi connectivity index (χ1v) is 4.64.